The van der Waals surface area contributed by atoms with Gasteiger partial charge >= 0.3 is 5.97 Å². The highest BCUT2D eigenvalue weighted by molar-refractivity contribution is 5.92. The summed E-state index contributed by atoms with van der Waals surface area (Å²) in [5.41, 5.74) is -0.255. The predicted molar refractivity (Wildman–Crippen MR) is 104 cm³/mol. The fraction of sp³-hybridized carbons (Fsp3) is 0.250. The number of rotatable bonds is 3. The molecule has 0 radical (unpaired) electrons. The van der Waals surface area contributed by atoms with Crippen molar-refractivity contribution >= 4 is 22.8 Å². The Morgan fingerprint density at radius 3 is 2.59 bits per heavy atom. The Hall–Kier alpha value is -3.33. The lowest BCUT2D eigenvalue weighted by atomic mass is 10.1. The average Bonchev–Trinajstić information content (AvgIpc) is 2.69. The van der Waals surface area contributed by atoms with Crippen LogP contribution in [0.4, 0.5) is 14.6 Å². The number of pyridine rings is 2. The molecule has 29 heavy (non-hydrogen) atoms. The Morgan fingerprint density at radius 1 is 1.21 bits per heavy atom. The minimum absolute atomic E-state index is 0.0926. The van der Waals surface area contributed by atoms with Crippen molar-refractivity contribution in [3.05, 3.63) is 63.4 Å². The van der Waals surface area contributed by atoms with Gasteiger partial charge in [-0.2, -0.15) is 0 Å². The number of nitrogens with one attached hydrogen (secondary N) is 1. The monoisotopic (exact) mass is 400 g/mol. The Balaban J connectivity index is 2.05. The largest absolute Gasteiger partial charge is 0.477 e. The molecular formula is C20H18F2N4O3. The summed E-state index contributed by atoms with van der Waals surface area (Å²) in [5, 5.41) is 12.5. The normalized spacial score (nSPS) is 14.4. The van der Waals surface area contributed by atoms with Crippen molar-refractivity contribution in [3.63, 3.8) is 0 Å². The highest BCUT2D eigenvalue weighted by Crippen LogP contribution is 2.25. The average molecular weight is 400 g/mol. The van der Waals surface area contributed by atoms with Gasteiger partial charge in [-0.15, -0.1) is 0 Å². The zero-order chi connectivity index (χ0) is 20.7. The fourth-order valence-electron chi connectivity index (χ4n) is 3.54. The number of fused-ring (bicyclic) bond motifs is 1. The van der Waals surface area contributed by atoms with Crippen molar-refractivity contribution in [2.24, 2.45) is 0 Å². The standard InChI is InChI=1S/C20H18F2N4O3/c1-11-8-12(21)2-3-16(11)26-10-14(20(28)29)17(27)13-9-15(22)19(24-18(13)26)25-6-4-23-5-7-25/h2-3,8-10,23H,4-7H2,1H3,(H,28,29). The Bertz CT molecular complexity index is 1190. The van der Waals surface area contributed by atoms with Crippen molar-refractivity contribution < 1.29 is 18.7 Å². The maximum atomic E-state index is 14.8. The molecule has 1 fully saturated rings. The molecule has 0 saturated carbocycles. The highest BCUT2D eigenvalue weighted by Gasteiger charge is 2.22. The zero-order valence-corrected chi connectivity index (χ0v) is 15.6. The number of halogens is 2. The van der Waals surface area contributed by atoms with E-state index in [1.54, 1.807) is 11.8 Å². The SMILES string of the molecule is Cc1cc(F)ccc1-n1cc(C(=O)O)c(=O)c2cc(F)c(N3CCNCC3)nc21. The highest BCUT2D eigenvalue weighted by atomic mass is 19.1. The van der Waals surface area contributed by atoms with Gasteiger partial charge in [0.25, 0.3) is 0 Å². The first-order valence-electron chi connectivity index (χ1n) is 9.08. The molecule has 0 atom stereocenters. The number of hydrogen-bond acceptors (Lipinski definition) is 5. The molecule has 2 aromatic heterocycles. The molecule has 0 spiro atoms. The molecule has 9 heteroatoms. The lowest BCUT2D eigenvalue weighted by molar-refractivity contribution is 0.0695. The van der Waals surface area contributed by atoms with Gasteiger partial charge in [0.1, 0.15) is 11.4 Å². The smallest absolute Gasteiger partial charge is 0.341 e. The molecule has 2 N–H and O–H groups in total. The van der Waals surface area contributed by atoms with Crippen LogP contribution in [0.3, 0.4) is 0 Å². The Morgan fingerprint density at radius 2 is 1.93 bits per heavy atom. The maximum Gasteiger partial charge on any atom is 0.341 e. The lowest BCUT2D eigenvalue weighted by Crippen LogP contribution is -2.44. The molecule has 150 valence electrons. The molecule has 0 unspecified atom stereocenters. The van der Waals surface area contributed by atoms with Crippen LogP contribution < -0.4 is 15.6 Å². The van der Waals surface area contributed by atoms with E-state index >= 15 is 0 Å². The number of aromatic nitrogens is 2. The van der Waals surface area contributed by atoms with Crippen LogP contribution in [0.1, 0.15) is 15.9 Å². The van der Waals surface area contributed by atoms with Crippen molar-refractivity contribution in [3.8, 4) is 5.69 Å². The topological polar surface area (TPSA) is 87.5 Å². The fourth-order valence-corrected chi connectivity index (χ4v) is 3.54. The number of nitrogens with zero attached hydrogens (tertiary/aromatic N) is 3. The molecule has 4 rings (SSSR count). The molecule has 1 aromatic carbocycles. The summed E-state index contributed by atoms with van der Waals surface area (Å²) in [5.74, 6) is -2.48. The molecule has 1 aliphatic heterocycles. The number of carboxylic acids is 1. The number of aromatic carboxylic acids is 1. The molecule has 3 aromatic rings. The maximum absolute atomic E-state index is 14.8. The summed E-state index contributed by atoms with van der Waals surface area (Å²) >= 11 is 0. The zero-order valence-electron chi connectivity index (χ0n) is 15.6. The third-order valence-corrected chi connectivity index (χ3v) is 4.98. The molecule has 1 saturated heterocycles. The third kappa shape index (κ3) is 3.33. The van der Waals surface area contributed by atoms with E-state index in [9.17, 15) is 23.5 Å². The third-order valence-electron chi connectivity index (χ3n) is 4.98. The van der Waals surface area contributed by atoms with Gasteiger partial charge in [0.2, 0.25) is 5.43 Å². The summed E-state index contributed by atoms with van der Waals surface area (Å²) < 4.78 is 29.8. The summed E-state index contributed by atoms with van der Waals surface area (Å²) in [6, 6.07) is 5.02. The van der Waals surface area contributed by atoms with E-state index in [4.69, 9.17) is 0 Å². The van der Waals surface area contributed by atoms with Crippen molar-refractivity contribution in [2.45, 2.75) is 6.92 Å². The van der Waals surface area contributed by atoms with Crippen LogP contribution in [-0.4, -0.2) is 46.8 Å². The number of hydrogen-bond donors (Lipinski definition) is 2. The van der Waals surface area contributed by atoms with Gasteiger partial charge in [-0.25, -0.2) is 18.6 Å². The second-order valence-corrected chi connectivity index (χ2v) is 6.88. The van der Waals surface area contributed by atoms with E-state index < -0.39 is 28.6 Å². The van der Waals surface area contributed by atoms with E-state index in [1.807, 2.05) is 0 Å². The van der Waals surface area contributed by atoms with E-state index in [-0.39, 0.29) is 16.9 Å². The quantitative estimate of drug-likeness (QED) is 0.700. The van der Waals surface area contributed by atoms with Crippen LogP contribution in [0.5, 0.6) is 0 Å². The molecule has 1 aliphatic rings. The Labute approximate surface area is 164 Å². The van der Waals surface area contributed by atoms with Gasteiger partial charge in [0, 0.05) is 32.4 Å². The number of aryl methyl sites for hydroxylation is 1. The minimum Gasteiger partial charge on any atom is -0.477 e. The summed E-state index contributed by atoms with van der Waals surface area (Å²) in [6.45, 7) is 4.08. The number of carboxylic acid groups (broad SMARTS) is 1. The van der Waals surface area contributed by atoms with Gasteiger partial charge in [-0.3, -0.25) is 9.36 Å². The minimum atomic E-state index is -1.43. The summed E-state index contributed by atoms with van der Waals surface area (Å²) in [4.78, 5) is 30.4. The molecule has 3 heterocycles. The summed E-state index contributed by atoms with van der Waals surface area (Å²) in [6.07, 6.45) is 1.15. The lowest BCUT2D eigenvalue weighted by Gasteiger charge is -2.29. The van der Waals surface area contributed by atoms with Crippen molar-refractivity contribution in [2.75, 3.05) is 31.1 Å². The van der Waals surface area contributed by atoms with Crippen LogP contribution in [0, 0.1) is 18.6 Å². The first-order chi connectivity index (χ1) is 13.9. The van der Waals surface area contributed by atoms with Gasteiger partial charge in [-0.1, -0.05) is 0 Å². The second kappa shape index (κ2) is 7.25. The first kappa shape index (κ1) is 19.0. The number of benzene rings is 1. The number of carbonyl (C=O) groups is 1. The van der Waals surface area contributed by atoms with Crippen LogP contribution in [0.2, 0.25) is 0 Å². The molecular weight excluding hydrogens is 382 g/mol. The van der Waals surface area contributed by atoms with Crippen LogP contribution in [-0.2, 0) is 0 Å². The van der Waals surface area contributed by atoms with Crippen LogP contribution >= 0.6 is 0 Å². The van der Waals surface area contributed by atoms with E-state index in [2.05, 4.69) is 10.3 Å². The van der Waals surface area contributed by atoms with Crippen molar-refractivity contribution in [1.82, 2.24) is 14.9 Å². The predicted octanol–water partition coefficient (Wildman–Crippen LogP) is 2.08. The van der Waals surface area contributed by atoms with Crippen LogP contribution in [0.15, 0.2) is 35.3 Å². The van der Waals surface area contributed by atoms with Gasteiger partial charge in [-0.05, 0) is 36.8 Å². The van der Waals surface area contributed by atoms with E-state index in [0.717, 1.165) is 12.3 Å². The van der Waals surface area contributed by atoms with Gasteiger partial charge in [0.05, 0.1) is 11.1 Å². The number of anilines is 1. The van der Waals surface area contributed by atoms with Crippen molar-refractivity contribution in [1.29, 1.82) is 0 Å². The first-order valence-corrected chi connectivity index (χ1v) is 9.08. The second-order valence-electron chi connectivity index (χ2n) is 6.88. The molecule has 0 amide bonds. The van der Waals surface area contributed by atoms with Gasteiger partial charge in [0.15, 0.2) is 17.3 Å². The van der Waals surface area contributed by atoms with E-state index in [0.29, 0.717) is 37.4 Å². The Kier molecular flexibility index (Phi) is 4.75. The summed E-state index contributed by atoms with van der Waals surface area (Å²) in [7, 11) is 0. The molecule has 0 bridgehead atoms. The van der Waals surface area contributed by atoms with Crippen LogP contribution in [0.25, 0.3) is 16.7 Å². The van der Waals surface area contributed by atoms with E-state index in [1.165, 1.54) is 22.8 Å². The number of piperazine rings is 1. The molecule has 7 nitrogen and oxygen atoms in total. The van der Waals surface area contributed by atoms with Gasteiger partial charge < -0.3 is 15.3 Å². The molecule has 0 aliphatic carbocycles.